The molecular weight excluding hydrogens is 218 g/mol. The number of ether oxygens (including phenoxy) is 1. The average molecular weight is 237 g/mol. The van der Waals surface area contributed by atoms with Gasteiger partial charge >= 0.3 is 0 Å². The first-order valence-corrected chi connectivity index (χ1v) is 5.89. The molecule has 0 aliphatic carbocycles. The molecule has 1 N–H and O–H groups in total. The number of aliphatic hydroxyl groups excluding tert-OH is 1. The van der Waals surface area contributed by atoms with Crippen molar-refractivity contribution < 1.29 is 9.84 Å². The van der Waals surface area contributed by atoms with Crippen molar-refractivity contribution in [1.82, 2.24) is 14.9 Å². The number of morpholine rings is 1. The normalized spacial score (nSPS) is 23.6. The average Bonchev–Trinajstić information content (AvgIpc) is 2.28. The van der Waals surface area contributed by atoms with Crippen LogP contribution in [0.15, 0.2) is 6.20 Å². The van der Waals surface area contributed by atoms with Gasteiger partial charge in [0, 0.05) is 30.5 Å². The highest BCUT2D eigenvalue weighted by atomic mass is 16.5. The maximum absolute atomic E-state index is 9.53. The first kappa shape index (κ1) is 12.4. The smallest absolute Gasteiger partial charge is 0.158 e. The van der Waals surface area contributed by atoms with Gasteiger partial charge < -0.3 is 14.7 Å². The summed E-state index contributed by atoms with van der Waals surface area (Å²) in [6.07, 6.45) is 1.11. The first-order chi connectivity index (χ1) is 8.08. The minimum atomic E-state index is -0.529. The first-order valence-electron chi connectivity index (χ1n) is 5.89. The molecular formula is C12H19N3O2. The van der Waals surface area contributed by atoms with Crippen LogP contribution in [0.4, 0.5) is 0 Å². The largest absolute Gasteiger partial charge is 0.389 e. The van der Waals surface area contributed by atoms with E-state index in [0.717, 1.165) is 24.3 Å². The summed E-state index contributed by atoms with van der Waals surface area (Å²) >= 11 is 0. The highest BCUT2D eigenvalue weighted by Crippen LogP contribution is 2.21. The Kier molecular flexibility index (Phi) is 3.71. The van der Waals surface area contributed by atoms with E-state index in [2.05, 4.69) is 21.9 Å². The van der Waals surface area contributed by atoms with Crippen molar-refractivity contribution in [2.24, 2.45) is 0 Å². The molecule has 2 heterocycles. The zero-order chi connectivity index (χ0) is 12.4. The third-order valence-corrected chi connectivity index (χ3v) is 3.04. The number of hydrogen-bond donors (Lipinski definition) is 1. The number of aliphatic hydroxyl groups is 1. The third-order valence-electron chi connectivity index (χ3n) is 3.04. The van der Waals surface area contributed by atoms with Gasteiger partial charge in [0.2, 0.25) is 0 Å². The maximum atomic E-state index is 9.53. The summed E-state index contributed by atoms with van der Waals surface area (Å²) in [6, 6.07) is 0. The lowest BCUT2D eigenvalue weighted by molar-refractivity contribution is -0.0256. The molecule has 1 aromatic rings. The number of aromatic nitrogens is 2. The summed E-state index contributed by atoms with van der Waals surface area (Å²) in [5.41, 5.74) is 1.60. The molecule has 1 aromatic heterocycles. The Morgan fingerprint density at radius 2 is 2.35 bits per heavy atom. The molecule has 1 saturated heterocycles. The zero-order valence-corrected chi connectivity index (χ0v) is 10.6. The van der Waals surface area contributed by atoms with Gasteiger partial charge in [-0.2, -0.15) is 0 Å². The van der Waals surface area contributed by atoms with Gasteiger partial charge in [-0.3, -0.25) is 0 Å². The fourth-order valence-electron chi connectivity index (χ4n) is 1.99. The van der Waals surface area contributed by atoms with Crippen molar-refractivity contribution >= 4 is 0 Å². The molecule has 0 saturated carbocycles. The number of aryl methyl sites for hydroxylation is 1. The SMILES string of the molecule is Cc1nc(C2CN(C)CCO2)ncc1C(C)O. The monoisotopic (exact) mass is 237 g/mol. The van der Waals surface area contributed by atoms with Crippen LogP contribution in [0.3, 0.4) is 0 Å². The minimum absolute atomic E-state index is 0.0597. The second-order valence-electron chi connectivity index (χ2n) is 4.57. The van der Waals surface area contributed by atoms with Crippen LogP contribution in [0.2, 0.25) is 0 Å². The topological polar surface area (TPSA) is 58.5 Å². The Hall–Kier alpha value is -1.04. The minimum Gasteiger partial charge on any atom is -0.389 e. The molecule has 0 bridgehead atoms. The molecule has 1 aliphatic heterocycles. The number of rotatable bonds is 2. The van der Waals surface area contributed by atoms with Crippen LogP contribution in [0, 0.1) is 6.92 Å². The predicted molar refractivity (Wildman–Crippen MR) is 63.6 cm³/mol. The van der Waals surface area contributed by atoms with Crippen molar-refractivity contribution in [2.45, 2.75) is 26.1 Å². The van der Waals surface area contributed by atoms with Gasteiger partial charge in [-0.1, -0.05) is 0 Å². The van der Waals surface area contributed by atoms with Crippen molar-refractivity contribution in [1.29, 1.82) is 0 Å². The van der Waals surface area contributed by atoms with Gasteiger partial charge in [0.25, 0.3) is 0 Å². The number of likely N-dealkylation sites (N-methyl/N-ethyl adjacent to an activating group) is 1. The fraction of sp³-hybridized carbons (Fsp3) is 0.667. The van der Waals surface area contributed by atoms with E-state index in [4.69, 9.17) is 4.74 Å². The molecule has 0 radical (unpaired) electrons. The molecule has 94 valence electrons. The molecule has 0 amide bonds. The third kappa shape index (κ3) is 2.80. The highest BCUT2D eigenvalue weighted by molar-refractivity contribution is 5.19. The van der Waals surface area contributed by atoms with E-state index in [1.807, 2.05) is 6.92 Å². The molecule has 1 fully saturated rings. The second-order valence-corrected chi connectivity index (χ2v) is 4.57. The van der Waals surface area contributed by atoms with Gasteiger partial charge in [0.1, 0.15) is 6.10 Å². The zero-order valence-electron chi connectivity index (χ0n) is 10.6. The molecule has 0 spiro atoms. The highest BCUT2D eigenvalue weighted by Gasteiger charge is 2.22. The lowest BCUT2D eigenvalue weighted by Crippen LogP contribution is -2.36. The van der Waals surface area contributed by atoms with Crippen LogP contribution < -0.4 is 0 Å². The van der Waals surface area contributed by atoms with Crippen molar-refractivity contribution in [3.8, 4) is 0 Å². The lowest BCUT2D eigenvalue weighted by atomic mass is 10.1. The van der Waals surface area contributed by atoms with E-state index < -0.39 is 6.10 Å². The Bertz CT molecular complexity index is 395. The molecule has 2 rings (SSSR count). The quantitative estimate of drug-likeness (QED) is 0.826. The van der Waals surface area contributed by atoms with Crippen LogP contribution in [0.1, 0.15) is 36.2 Å². The Balaban J connectivity index is 2.19. The number of nitrogens with zero attached hydrogens (tertiary/aromatic N) is 3. The standard InChI is InChI=1S/C12H19N3O2/c1-8-10(9(2)16)6-13-12(14-8)11-7-15(3)4-5-17-11/h6,9,11,16H,4-5,7H2,1-3H3. The van der Waals surface area contributed by atoms with Crippen LogP contribution >= 0.6 is 0 Å². The van der Waals surface area contributed by atoms with Gasteiger partial charge in [0.15, 0.2) is 5.82 Å². The van der Waals surface area contributed by atoms with E-state index in [1.54, 1.807) is 13.1 Å². The molecule has 5 nitrogen and oxygen atoms in total. The van der Waals surface area contributed by atoms with E-state index in [0.29, 0.717) is 12.4 Å². The summed E-state index contributed by atoms with van der Waals surface area (Å²) in [6.45, 7) is 6.08. The summed E-state index contributed by atoms with van der Waals surface area (Å²) in [4.78, 5) is 10.9. The van der Waals surface area contributed by atoms with Crippen LogP contribution in [0.25, 0.3) is 0 Å². The summed E-state index contributed by atoms with van der Waals surface area (Å²) in [5, 5.41) is 9.53. The lowest BCUT2D eigenvalue weighted by Gasteiger charge is -2.29. The molecule has 2 atom stereocenters. The van der Waals surface area contributed by atoms with Crippen LogP contribution in [-0.4, -0.2) is 46.7 Å². The van der Waals surface area contributed by atoms with Gasteiger partial charge in [0.05, 0.1) is 12.7 Å². The molecule has 2 unspecified atom stereocenters. The summed E-state index contributed by atoms with van der Waals surface area (Å²) < 4.78 is 5.66. The second kappa shape index (κ2) is 5.08. The Morgan fingerprint density at radius 3 is 2.94 bits per heavy atom. The van der Waals surface area contributed by atoms with E-state index in [1.165, 1.54) is 0 Å². The summed E-state index contributed by atoms with van der Waals surface area (Å²) in [7, 11) is 2.06. The predicted octanol–water partition coefficient (Wildman–Crippen LogP) is 0.841. The number of hydrogen-bond acceptors (Lipinski definition) is 5. The van der Waals surface area contributed by atoms with Crippen LogP contribution in [-0.2, 0) is 4.74 Å². The van der Waals surface area contributed by atoms with E-state index >= 15 is 0 Å². The Morgan fingerprint density at radius 1 is 1.59 bits per heavy atom. The molecule has 5 heteroatoms. The summed E-state index contributed by atoms with van der Waals surface area (Å²) in [5.74, 6) is 0.707. The molecule has 0 aromatic carbocycles. The van der Waals surface area contributed by atoms with Gasteiger partial charge in [-0.25, -0.2) is 9.97 Å². The fourth-order valence-corrected chi connectivity index (χ4v) is 1.99. The Labute approximate surface area is 101 Å². The van der Waals surface area contributed by atoms with Crippen LogP contribution in [0.5, 0.6) is 0 Å². The van der Waals surface area contributed by atoms with Crippen molar-refractivity contribution in [3.05, 3.63) is 23.3 Å². The van der Waals surface area contributed by atoms with Crippen molar-refractivity contribution in [2.75, 3.05) is 26.7 Å². The van der Waals surface area contributed by atoms with E-state index in [9.17, 15) is 5.11 Å². The molecule has 1 aliphatic rings. The maximum Gasteiger partial charge on any atom is 0.158 e. The van der Waals surface area contributed by atoms with Gasteiger partial charge in [-0.05, 0) is 20.9 Å². The van der Waals surface area contributed by atoms with Crippen molar-refractivity contribution in [3.63, 3.8) is 0 Å². The van der Waals surface area contributed by atoms with Gasteiger partial charge in [-0.15, -0.1) is 0 Å². The van der Waals surface area contributed by atoms with E-state index in [-0.39, 0.29) is 6.10 Å². The molecule has 17 heavy (non-hydrogen) atoms.